The number of hydrogen-bond donors (Lipinski definition) is 0. The van der Waals surface area contributed by atoms with Crippen LogP contribution in [0.1, 0.15) is 20.7 Å². The number of carbonyl (C=O) groups excluding carboxylic acids is 3. The van der Waals surface area contributed by atoms with Crippen molar-refractivity contribution in [1.82, 2.24) is 14.8 Å². The number of nitrogens with zero attached hydrogens (tertiary/aromatic N) is 4. The third kappa shape index (κ3) is 4.16. The molecule has 0 N–H and O–H groups in total. The normalized spacial score (nSPS) is 16.4. The van der Waals surface area contributed by atoms with Gasteiger partial charge in [-0.1, -0.05) is 23.5 Å². The molecule has 0 bridgehead atoms. The zero-order valence-electron chi connectivity index (χ0n) is 17.5. The molecule has 0 unspecified atom stereocenters. The quantitative estimate of drug-likeness (QED) is 0.523. The molecule has 3 heterocycles. The molecule has 5 rings (SSSR count). The van der Waals surface area contributed by atoms with Crippen LogP contribution in [0, 0.1) is 0 Å². The first-order chi connectivity index (χ1) is 16.2. The van der Waals surface area contributed by atoms with Gasteiger partial charge >= 0.3 is 6.36 Å². The van der Waals surface area contributed by atoms with Crippen molar-refractivity contribution >= 4 is 44.4 Å². The van der Waals surface area contributed by atoms with E-state index in [4.69, 9.17) is 0 Å². The number of alkyl halides is 3. The predicted octanol–water partition coefficient (Wildman–Crippen LogP) is 3.14. The fourth-order valence-electron chi connectivity index (χ4n) is 3.99. The van der Waals surface area contributed by atoms with Crippen LogP contribution >= 0.6 is 11.3 Å². The Morgan fingerprint density at radius 2 is 1.65 bits per heavy atom. The first-order valence-electron chi connectivity index (χ1n) is 10.3. The highest BCUT2D eigenvalue weighted by molar-refractivity contribution is 7.22. The molecular formula is C22H17F3N4O4S. The maximum Gasteiger partial charge on any atom is 0.573 e. The topological polar surface area (TPSA) is 83.1 Å². The number of imide groups is 1. The summed E-state index contributed by atoms with van der Waals surface area (Å²) in [6.45, 7) is 1.31. The summed E-state index contributed by atoms with van der Waals surface area (Å²) in [5.74, 6) is -1.59. The first-order valence-corrected chi connectivity index (χ1v) is 11.2. The first kappa shape index (κ1) is 22.1. The Hall–Kier alpha value is -3.67. The van der Waals surface area contributed by atoms with Gasteiger partial charge in [-0.05, 0) is 24.3 Å². The molecule has 0 atom stereocenters. The number of ether oxygens (including phenoxy) is 1. The molecule has 1 saturated heterocycles. The predicted molar refractivity (Wildman–Crippen MR) is 117 cm³/mol. The minimum absolute atomic E-state index is 0.296. The summed E-state index contributed by atoms with van der Waals surface area (Å²) in [6.07, 6.45) is -4.77. The Bertz CT molecular complexity index is 1270. The molecule has 0 aliphatic carbocycles. The summed E-state index contributed by atoms with van der Waals surface area (Å²) < 4.78 is 41.9. The van der Waals surface area contributed by atoms with E-state index >= 15 is 0 Å². The Morgan fingerprint density at radius 3 is 2.26 bits per heavy atom. The highest BCUT2D eigenvalue weighted by atomic mass is 32.1. The van der Waals surface area contributed by atoms with E-state index in [2.05, 4.69) is 9.72 Å². The Morgan fingerprint density at radius 1 is 1.00 bits per heavy atom. The van der Waals surface area contributed by atoms with Gasteiger partial charge in [0.1, 0.15) is 12.3 Å². The molecule has 176 valence electrons. The van der Waals surface area contributed by atoms with Crippen LogP contribution in [0.15, 0.2) is 42.5 Å². The molecule has 0 saturated carbocycles. The molecule has 34 heavy (non-hydrogen) atoms. The van der Waals surface area contributed by atoms with Crippen LogP contribution in [0.5, 0.6) is 5.75 Å². The average molecular weight is 490 g/mol. The molecule has 1 fully saturated rings. The van der Waals surface area contributed by atoms with E-state index in [-0.39, 0.29) is 18.2 Å². The SMILES string of the molecule is O=C(CN1C(=O)c2ccccc2C1=O)N1CCN(c2nc3ccc(OC(F)(F)F)cc3s2)CC1. The summed E-state index contributed by atoms with van der Waals surface area (Å²) in [7, 11) is 0. The van der Waals surface area contributed by atoms with E-state index in [1.54, 1.807) is 29.2 Å². The van der Waals surface area contributed by atoms with Crippen LogP contribution in [-0.4, -0.2) is 71.6 Å². The largest absolute Gasteiger partial charge is 0.573 e. The maximum absolute atomic E-state index is 12.8. The van der Waals surface area contributed by atoms with Gasteiger partial charge in [0.2, 0.25) is 5.91 Å². The van der Waals surface area contributed by atoms with Gasteiger partial charge in [0, 0.05) is 32.2 Å². The number of carbonyl (C=O) groups is 3. The number of rotatable bonds is 4. The smallest absolute Gasteiger partial charge is 0.406 e. The van der Waals surface area contributed by atoms with Crippen molar-refractivity contribution in [1.29, 1.82) is 0 Å². The van der Waals surface area contributed by atoms with Crippen molar-refractivity contribution in [2.24, 2.45) is 0 Å². The van der Waals surface area contributed by atoms with Gasteiger partial charge in [0.05, 0.1) is 21.3 Å². The standard InChI is InChI=1S/C22H17F3N4O4S/c23-22(24,25)33-13-5-6-16-17(11-13)34-21(26-16)28-9-7-27(8-10-28)18(30)12-29-19(31)14-3-1-2-4-15(14)20(29)32/h1-6,11H,7-10,12H2. The number of halogens is 3. The van der Waals surface area contributed by atoms with Crippen molar-refractivity contribution in [3.8, 4) is 5.75 Å². The Balaban J connectivity index is 1.21. The Labute approximate surface area is 195 Å². The van der Waals surface area contributed by atoms with Gasteiger partial charge in [-0.2, -0.15) is 0 Å². The van der Waals surface area contributed by atoms with E-state index in [0.717, 1.165) is 4.90 Å². The lowest BCUT2D eigenvalue weighted by Gasteiger charge is -2.35. The molecule has 0 radical (unpaired) electrons. The molecule has 2 aliphatic rings. The monoisotopic (exact) mass is 490 g/mol. The number of anilines is 1. The zero-order valence-corrected chi connectivity index (χ0v) is 18.4. The second kappa shape index (κ2) is 8.28. The van der Waals surface area contributed by atoms with E-state index < -0.39 is 18.2 Å². The minimum atomic E-state index is -4.77. The van der Waals surface area contributed by atoms with E-state index in [9.17, 15) is 27.6 Å². The van der Waals surface area contributed by atoms with Gasteiger partial charge in [0.25, 0.3) is 11.8 Å². The number of benzene rings is 2. The summed E-state index contributed by atoms with van der Waals surface area (Å²) in [5.41, 5.74) is 1.15. The fourth-order valence-corrected chi connectivity index (χ4v) is 5.04. The van der Waals surface area contributed by atoms with Gasteiger partial charge in [-0.15, -0.1) is 13.2 Å². The van der Waals surface area contributed by atoms with Crippen molar-refractivity contribution in [3.05, 3.63) is 53.6 Å². The molecule has 1 aromatic heterocycles. The molecule has 8 nitrogen and oxygen atoms in total. The number of amides is 3. The van der Waals surface area contributed by atoms with Gasteiger partial charge in [-0.25, -0.2) is 4.98 Å². The van der Waals surface area contributed by atoms with Gasteiger partial charge in [0.15, 0.2) is 5.13 Å². The summed E-state index contributed by atoms with van der Waals surface area (Å²) in [4.78, 5) is 46.7. The molecule has 12 heteroatoms. The van der Waals surface area contributed by atoms with Crippen molar-refractivity contribution in [2.45, 2.75) is 6.36 Å². The molecular weight excluding hydrogens is 473 g/mol. The number of piperazine rings is 1. The molecule has 3 aromatic rings. The number of aromatic nitrogens is 1. The Kier molecular flexibility index (Phi) is 5.39. The number of thiazole rings is 1. The van der Waals surface area contributed by atoms with E-state index in [1.165, 1.54) is 29.5 Å². The van der Waals surface area contributed by atoms with Crippen LogP contribution < -0.4 is 9.64 Å². The minimum Gasteiger partial charge on any atom is -0.406 e. The van der Waals surface area contributed by atoms with Crippen molar-refractivity contribution < 1.29 is 32.3 Å². The summed E-state index contributed by atoms with van der Waals surface area (Å²) in [6, 6.07) is 10.4. The van der Waals surface area contributed by atoms with Crippen LogP contribution in [0.25, 0.3) is 10.2 Å². The lowest BCUT2D eigenvalue weighted by molar-refractivity contribution is -0.274. The molecule has 3 amide bonds. The van der Waals surface area contributed by atoms with E-state index in [1.807, 2.05) is 4.90 Å². The lowest BCUT2D eigenvalue weighted by atomic mass is 10.1. The maximum atomic E-state index is 12.8. The van der Waals surface area contributed by atoms with Crippen molar-refractivity contribution in [2.75, 3.05) is 37.6 Å². The molecule has 2 aliphatic heterocycles. The van der Waals surface area contributed by atoms with Crippen LogP contribution in [-0.2, 0) is 4.79 Å². The third-order valence-electron chi connectivity index (χ3n) is 5.66. The van der Waals surface area contributed by atoms with Crippen LogP contribution in [0.4, 0.5) is 18.3 Å². The second-order valence-corrected chi connectivity index (χ2v) is 8.79. The summed E-state index contributed by atoms with van der Waals surface area (Å²) >= 11 is 1.24. The number of fused-ring (bicyclic) bond motifs is 2. The average Bonchev–Trinajstić information content (AvgIpc) is 3.33. The lowest BCUT2D eigenvalue weighted by Crippen LogP contribution is -2.51. The van der Waals surface area contributed by atoms with Crippen molar-refractivity contribution in [3.63, 3.8) is 0 Å². The van der Waals surface area contributed by atoms with E-state index in [0.29, 0.717) is 52.7 Å². The molecule has 0 spiro atoms. The second-order valence-electron chi connectivity index (χ2n) is 7.78. The highest BCUT2D eigenvalue weighted by Gasteiger charge is 2.37. The fraction of sp³-hybridized carbons (Fsp3) is 0.273. The van der Waals surface area contributed by atoms with Gasteiger partial charge < -0.3 is 14.5 Å². The third-order valence-corrected chi connectivity index (χ3v) is 6.74. The summed E-state index contributed by atoms with van der Waals surface area (Å²) in [5, 5.41) is 0.631. The van der Waals surface area contributed by atoms with Gasteiger partial charge in [-0.3, -0.25) is 19.3 Å². The van der Waals surface area contributed by atoms with Crippen LogP contribution in [0.3, 0.4) is 0 Å². The van der Waals surface area contributed by atoms with Crippen LogP contribution in [0.2, 0.25) is 0 Å². The zero-order chi connectivity index (χ0) is 24.0. The highest BCUT2D eigenvalue weighted by Crippen LogP contribution is 2.33. The molecule has 2 aromatic carbocycles. The number of hydrogen-bond acceptors (Lipinski definition) is 7.